The highest BCUT2D eigenvalue weighted by Gasteiger charge is 2.48. The smallest absolute Gasteiger partial charge is 0.260 e. The van der Waals surface area contributed by atoms with Gasteiger partial charge in [0.2, 0.25) is 0 Å². The number of alkyl halides is 1. The molecule has 1 atom stereocenters. The molecule has 18 heavy (non-hydrogen) atoms. The van der Waals surface area contributed by atoms with E-state index in [0.717, 1.165) is 24.8 Å². The lowest BCUT2D eigenvalue weighted by Gasteiger charge is -2.17. The highest BCUT2D eigenvalue weighted by molar-refractivity contribution is 9.09. The van der Waals surface area contributed by atoms with E-state index in [1.807, 2.05) is 13.8 Å². The van der Waals surface area contributed by atoms with Crippen LogP contribution >= 0.6 is 15.9 Å². The Labute approximate surface area is 117 Å². The van der Waals surface area contributed by atoms with Crippen molar-refractivity contribution in [3.8, 4) is 0 Å². The Bertz CT molecular complexity index is 516. The molecule has 1 aliphatic carbocycles. The largest absolute Gasteiger partial charge is 0.297 e. The van der Waals surface area contributed by atoms with Crippen LogP contribution in [0.4, 0.5) is 0 Å². The third-order valence-electron chi connectivity index (χ3n) is 3.06. The number of rotatable bonds is 5. The Morgan fingerprint density at radius 1 is 1.33 bits per heavy atom. The first kappa shape index (κ1) is 14.0. The van der Waals surface area contributed by atoms with Crippen molar-refractivity contribution in [1.82, 2.24) is 0 Å². The Morgan fingerprint density at radius 3 is 2.33 bits per heavy atom. The summed E-state index contributed by atoms with van der Waals surface area (Å²) in [6.07, 6.45) is 2.35. The molecular formula is C13H17BrO3S. The summed E-state index contributed by atoms with van der Waals surface area (Å²) in [6, 6.07) is 6.75. The molecule has 3 nitrogen and oxygen atoms in total. The van der Waals surface area contributed by atoms with Gasteiger partial charge in [-0.15, -0.1) is 0 Å². The van der Waals surface area contributed by atoms with E-state index in [0.29, 0.717) is 0 Å². The zero-order valence-electron chi connectivity index (χ0n) is 10.5. The Morgan fingerprint density at radius 2 is 1.89 bits per heavy atom. The summed E-state index contributed by atoms with van der Waals surface area (Å²) in [7, 11) is -3.64. The molecule has 100 valence electrons. The van der Waals surface area contributed by atoms with Crippen molar-refractivity contribution in [1.29, 1.82) is 0 Å². The van der Waals surface area contributed by atoms with E-state index in [1.165, 1.54) is 0 Å². The van der Waals surface area contributed by atoms with Crippen LogP contribution in [0.3, 0.4) is 0 Å². The molecule has 0 bridgehead atoms. The van der Waals surface area contributed by atoms with Gasteiger partial charge in [0.25, 0.3) is 10.1 Å². The molecule has 1 saturated carbocycles. The van der Waals surface area contributed by atoms with Crippen molar-refractivity contribution in [3.05, 3.63) is 29.8 Å². The highest BCUT2D eigenvalue weighted by Crippen LogP contribution is 2.46. The maximum atomic E-state index is 12.1. The molecule has 1 aromatic carbocycles. The molecule has 2 rings (SSSR count). The molecule has 1 unspecified atom stereocenters. The molecule has 1 fully saturated rings. The van der Waals surface area contributed by atoms with Gasteiger partial charge < -0.3 is 0 Å². The lowest BCUT2D eigenvalue weighted by atomic mass is 10.2. The normalized spacial score (nSPS) is 19.5. The summed E-state index contributed by atoms with van der Waals surface area (Å²) in [4.78, 5) is 0.495. The number of hydrogen-bond donors (Lipinski definition) is 0. The lowest BCUT2D eigenvalue weighted by Crippen LogP contribution is -2.22. The van der Waals surface area contributed by atoms with Gasteiger partial charge in [-0.2, -0.15) is 8.42 Å². The summed E-state index contributed by atoms with van der Waals surface area (Å²) in [6.45, 7) is 3.92. The lowest BCUT2D eigenvalue weighted by molar-refractivity contribution is 0.178. The molecule has 0 radical (unpaired) electrons. The SMILES string of the molecule is Cc1ccc(S(=O)(=O)OC2(CC(C)Br)CC2)cc1. The van der Waals surface area contributed by atoms with Gasteiger partial charge in [-0.25, -0.2) is 0 Å². The third-order valence-corrected chi connectivity index (χ3v) is 4.80. The molecule has 0 aliphatic heterocycles. The summed E-state index contributed by atoms with van der Waals surface area (Å²) in [5.74, 6) is 0. The Kier molecular flexibility index (Phi) is 3.85. The minimum atomic E-state index is -3.64. The van der Waals surface area contributed by atoms with Gasteiger partial charge in [0.1, 0.15) is 0 Å². The highest BCUT2D eigenvalue weighted by atomic mass is 79.9. The van der Waals surface area contributed by atoms with E-state index >= 15 is 0 Å². The Balaban J connectivity index is 2.15. The summed E-state index contributed by atoms with van der Waals surface area (Å²) in [5, 5.41) is 0. The molecule has 0 spiro atoms. The molecule has 0 heterocycles. The van der Waals surface area contributed by atoms with Gasteiger partial charge in [-0.3, -0.25) is 4.18 Å². The quantitative estimate of drug-likeness (QED) is 0.613. The fourth-order valence-corrected chi connectivity index (χ4v) is 3.82. The Hall–Kier alpha value is -0.390. The predicted octanol–water partition coefficient (Wildman–Crippen LogP) is 3.41. The standard InChI is InChI=1S/C13H17BrO3S/c1-10-3-5-12(6-4-10)18(15,16)17-13(7-8-13)9-11(2)14/h3-6,11H,7-9H2,1-2H3. The second-order valence-corrected chi connectivity index (χ2v) is 8.13. The fourth-order valence-electron chi connectivity index (χ4n) is 1.96. The van der Waals surface area contributed by atoms with Gasteiger partial charge >= 0.3 is 0 Å². The van der Waals surface area contributed by atoms with Crippen molar-refractivity contribution in [3.63, 3.8) is 0 Å². The minimum Gasteiger partial charge on any atom is -0.260 e. The molecule has 5 heteroatoms. The predicted molar refractivity (Wildman–Crippen MR) is 74.4 cm³/mol. The number of benzene rings is 1. The maximum absolute atomic E-state index is 12.1. The summed E-state index contributed by atoms with van der Waals surface area (Å²) < 4.78 is 29.7. The average Bonchev–Trinajstić information content (AvgIpc) is 2.96. The topological polar surface area (TPSA) is 43.4 Å². The molecule has 0 saturated heterocycles. The molecular weight excluding hydrogens is 316 g/mol. The number of aryl methyl sites for hydroxylation is 1. The molecule has 1 aliphatic rings. The van der Waals surface area contributed by atoms with E-state index in [2.05, 4.69) is 15.9 Å². The van der Waals surface area contributed by atoms with Crippen LogP contribution in [0.1, 0.15) is 31.7 Å². The molecule has 0 aromatic heterocycles. The van der Waals surface area contributed by atoms with Gasteiger partial charge in [-0.05, 0) is 38.3 Å². The maximum Gasteiger partial charge on any atom is 0.297 e. The van der Waals surface area contributed by atoms with Crippen LogP contribution in [0.25, 0.3) is 0 Å². The van der Waals surface area contributed by atoms with Crippen molar-refractivity contribution in [2.45, 2.75) is 48.4 Å². The van der Waals surface area contributed by atoms with Crippen LogP contribution in [-0.2, 0) is 14.3 Å². The van der Waals surface area contributed by atoms with Crippen molar-refractivity contribution >= 4 is 26.0 Å². The van der Waals surface area contributed by atoms with Gasteiger partial charge in [0.05, 0.1) is 10.5 Å². The van der Waals surface area contributed by atoms with Crippen LogP contribution in [0.5, 0.6) is 0 Å². The summed E-state index contributed by atoms with van der Waals surface area (Å²) in [5.41, 5.74) is 0.552. The van der Waals surface area contributed by atoms with Crippen LogP contribution in [0.2, 0.25) is 0 Å². The minimum absolute atomic E-state index is 0.238. The monoisotopic (exact) mass is 332 g/mol. The van der Waals surface area contributed by atoms with Crippen LogP contribution in [0, 0.1) is 6.92 Å². The first-order chi connectivity index (χ1) is 8.33. The van der Waals surface area contributed by atoms with Crippen molar-refractivity contribution < 1.29 is 12.6 Å². The van der Waals surface area contributed by atoms with Crippen LogP contribution < -0.4 is 0 Å². The fraction of sp³-hybridized carbons (Fsp3) is 0.538. The van der Waals surface area contributed by atoms with Crippen molar-refractivity contribution in [2.24, 2.45) is 0 Å². The van der Waals surface area contributed by atoms with E-state index in [4.69, 9.17) is 4.18 Å². The summed E-state index contributed by atoms with van der Waals surface area (Å²) >= 11 is 3.45. The van der Waals surface area contributed by atoms with E-state index in [1.54, 1.807) is 24.3 Å². The average molecular weight is 333 g/mol. The zero-order chi connectivity index (χ0) is 13.4. The van der Waals surface area contributed by atoms with E-state index in [9.17, 15) is 8.42 Å². The van der Waals surface area contributed by atoms with Crippen LogP contribution in [0.15, 0.2) is 29.2 Å². The van der Waals surface area contributed by atoms with E-state index in [-0.39, 0.29) is 9.72 Å². The molecule has 1 aromatic rings. The van der Waals surface area contributed by atoms with E-state index < -0.39 is 15.7 Å². The molecule has 0 amide bonds. The van der Waals surface area contributed by atoms with Crippen LogP contribution in [-0.4, -0.2) is 18.8 Å². The van der Waals surface area contributed by atoms with Gasteiger partial charge in [0, 0.05) is 4.83 Å². The number of halogens is 1. The third kappa shape index (κ3) is 3.33. The zero-order valence-corrected chi connectivity index (χ0v) is 12.9. The van der Waals surface area contributed by atoms with Crippen molar-refractivity contribution in [2.75, 3.05) is 0 Å². The number of hydrogen-bond acceptors (Lipinski definition) is 3. The van der Waals surface area contributed by atoms with Gasteiger partial charge in [0.15, 0.2) is 0 Å². The van der Waals surface area contributed by atoms with Gasteiger partial charge in [-0.1, -0.05) is 40.5 Å². The molecule has 0 N–H and O–H groups in total. The second-order valence-electron chi connectivity index (χ2n) is 5.02. The first-order valence-electron chi connectivity index (χ1n) is 5.99. The first-order valence-corrected chi connectivity index (χ1v) is 8.32. The second kappa shape index (κ2) is 4.94.